The van der Waals surface area contributed by atoms with Gasteiger partial charge in [0, 0.05) is 33.4 Å². The monoisotopic (exact) mass is 874 g/mol. The maximum absolute atomic E-state index is 3.40. The average Bonchev–Trinajstić information content (AvgIpc) is 3.75. The third kappa shape index (κ3) is 10.4. The first-order chi connectivity index (χ1) is 32.2. The number of hydrogen-bond donors (Lipinski definition) is 0. The minimum atomic E-state index is -0.0200. The molecule has 0 radical (unpaired) electrons. The minimum absolute atomic E-state index is 0.0200. The van der Waals surface area contributed by atoms with Crippen LogP contribution in [0.2, 0.25) is 0 Å². The lowest BCUT2D eigenvalue weighted by molar-refractivity contribution is 0.590. The summed E-state index contributed by atoms with van der Waals surface area (Å²) in [4.78, 5) is 0. The van der Waals surface area contributed by atoms with E-state index < -0.39 is 0 Å². The Hall–Kier alpha value is -7.84. The van der Waals surface area contributed by atoms with Crippen molar-refractivity contribution in [3.63, 3.8) is 0 Å². The van der Waals surface area contributed by atoms with Crippen LogP contribution in [0.4, 0.5) is 0 Å². The second kappa shape index (κ2) is 18.4. The van der Waals surface area contributed by atoms with Gasteiger partial charge in [-0.15, -0.1) is 0 Å². The Bertz CT molecular complexity index is 3260. The van der Waals surface area contributed by atoms with E-state index >= 15 is 0 Å². The number of rotatable bonds is 0. The van der Waals surface area contributed by atoms with Gasteiger partial charge in [-0.3, -0.25) is 0 Å². The molecule has 0 saturated heterocycles. The van der Waals surface area contributed by atoms with Crippen molar-refractivity contribution in [3.05, 3.63) is 189 Å². The fourth-order valence-corrected chi connectivity index (χ4v) is 8.42. The molecule has 0 unspecified atom stereocenters. The standard InChI is InChI=1S/C68H58/c1-65(2,3)55-31-29-49-27-25-47(59(49)39-33-55)19-13-15-21-51-45-53(63-43-37-57(67(7,8)9)35-41-61(51)63)23-17-18-24-54-46-52(62-42-36-58(68(10,11)12)38-44-64(54)62)22-16-14-20-48-26-28-50-30-32-56(66(4,5)6)34-40-60(48)50/h25-46H,1-12H3. The molecule has 0 atom stereocenters. The SMILES string of the molecule is CC(C)(C)c1ccc2ccc(C#CC#Cc3cc(C#CC#Cc4cc(C#CC#Cc5ccc6ccc(C(C)(C)C)ccc5-6)c5ccc(C(C)(C)C)ccc4-5)c4ccc(C(C)(C)C)ccc3-4)c-2cc1. The Morgan fingerprint density at radius 2 is 0.426 bits per heavy atom. The van der Waals surface area contributed by atoms with Gasteiger partial charge in [-0.2, -0.15) is 0 Å². The molecule has 0 aromatic heterocycles. The molecule has 8 aliphatic rings. The highest BCUT2D eigenvalue weighted by molar-refractivity contribution is 5.84. The summed E-state index contributed by atoms with van der Waals surface area (Å²) < 4.78 is 0. The van der Waals surface area contributed by atoms with Crippen LogP contribution in [0.25, 0.3) is 44.5 Å². The molecule has 0 saturated carbocycles. The van der Waals surface area contributed by atoms with E-state index in [0.29, 0.717) is 0 Å². The fraction of sp³-hybridized carbons (Fsp3) is 0.235. The fourth-order valence-electron chi connectivity index (χ4n) is 8.42. The Morgan fingerprint density at radius 1 is 0.221 bits per heavy atom. The summed E-state index contributed by atoms with van der Waals surface area (Å²) >= 11 is 0. The lowest BCUT2D eigenvalue weighted by Gasteiger charge is -2.17. The molecule has 0 nitrogen and oxygen atoms in total. The number of fused-ring (bicyclic) bond motifs is 4. The van der Waals surface area contributed by atoms with Crippen LogP contribution in [0, 0.1) is 71.0 Å². The van der Waals surface area contributed by atoms with Gasteiger partial charge in [0.05, 0.1) is 0 Å². The van der Waals surface area contributed by atoms with Crippen LogP contribution in [0.1, 0.15) is 139 Å². The smallest absolute Gasteiger partial charge is 0.0347 e. The second-order valence-electron chi connectivity index (χ2n) is 21.8. The zero-order valence-corrected chi connectivity index (χ0v) is 41.7. The minimum Gasteiger partial charge on any atom is -0.0579 e. The van der Waals surface area contributed by atoms with E-state index in [9.17, 15) is 0 Å². The summed E-state index contributed by atoms with van der Waals surface area (Å²) in [5.74, 6) is 39.2. The van der Waals surface area contributed by atoms with Crippen molar-refractivity contribution in [2.75, 3.05) is 0 Å². The average molecular weight is 875 g/mol. The summed E-state index contributed by atoms with van der Waals surface area (Å²) in [7, 11) is 0. The van der Waals surface area contributed by atoms with Crippen molar-refractivity contribution in [2.45, 2.75) is 105 Å². The molecule has 0 heterocycles. The molecule has 0 spiro atoms. The maximum Gasteiger partial charge on any atom is 0.0347 e. The highest BCUT2D eigenvalue weighted by Crippen LogP contribution is 2.36. The van der Waals surface area contributed by atoms with Crippen molar-refractivity contribution < 1.29 is 0 Å². The van der Waals surface area contributed by atoms with E-state index in [1.807, 2.05) is 0 Å². The van der Waals surface area contributed by atoms with E-state index in [1.165, 1.54) is 33.4 Å². The zero-order valence-electron chi connectivity index (χ0n) is 41.7. The largest absolute Gasteiger partial charge is 0.0579 e. The predicted molar refractivity (Wildman–Crippen MR) is 288 cm³/mol. The van der Waals surface area contributed by atoms with Crippen LogP contribution >= 0.6 is 0 Å². The first-order valence-electron chi connectivity index (χ1n) is 23.5. The summed E-state index contributed by atoms with van der Waals surface area (Å²) in [6.07, 6.45) is 0. The third-order valence-corrected chi connectivity index (χ3v) is 12.7. The van der Waals surface area contributed by atoms with Crippen molar-refractivity contribution in [1.29, 1.82) is 0 Å². The first-order valence-corrected chi connectivity index (χ1v) is 23.5. The van der Waals surface area contributed by atoms with Crippen LogP contribution < -0.4 is 0 Å². The lowest BCUT2D eigenvalue weighted by atomic mass is 9.88. The van der Waals surface area contributed by atoms with Gasteiger partial charge in [-0.1, -0.05) is 228 Å². The molecular formula is C68H58. The molecule has 0 heteroatoms. The van der Waals surface area contributed by atoms with Crippen molar-refractivity contribution in [3.8, 4) is 116 Å². The van der Waals surface area contributed by atoms with Crippen LogP contribution in [-0.4, -0.2) is 0 Å². The first kappa shape index (κ1) is 46.7. The second-order valence-corrected chi connectivity index (χ2v) is 21.8. The molecule has 8 rings (SSSR count). The van der Waals surface area contributed by atoms with Gasteiger partial charge in [-0.05, 0) is 148 Å². The van der Waals surface area contributed by atoms with Crippen LogP contribution in [0.5, 0.6) is 0 Å². The van der Waals surface area contributed by atoms with Crippen molar-refractivity contribution in [1.82, 2.24) is 0 Å². The normalized spacial score (nSPS) is 11.4. The van der Waals surface area contributed by atoms with Gasteiger partial charge in [0.1, 0.15) is 0 Å². The topological polar surface area (TPSA) is 0 Å². The van der Waals surface area contributed by atoms with Gasteiger partial charge in [-0.25, -0.2) is 0 Å². The van der Waals surface area contributed by atoms with Gasteiger partial charge < -0.3 is 0 Å². The molecule has 68 heavy (non-hydrogen) atoms. The highest BCUT2D eigenvalue weighted by Gasteiger charge is 2.20. The Labute approximate surface area is 407 Å². The van der Waals surface area contributed by atoms with Gasteiger partial charge in [0.25, 0.3) is 0 Å². The van der Waals surface area contributed by atoms with Crippen molar-refractivity contribution >= 4 is 0 Å². The molecular weight excluding hydrogens is 817 g/mol. The Balaban J connectivity index is 1.12. The summed E-state index contributed by atoms with van der Waals surface area (Å²) in [5.41, 5.74) is 19.4. The van der Waals surface area contributed by atoms with Crippen LogP contribution in [0.15, 0.2) is 133 Å². The molecule has 330 valence electrons. The van der Waals surface area contributed by atoms with E-state index in [4.69, 9.17) is 0 Å². The van der Waals surface area contributed by atoms with Gasteiger partial charge in [0.2, 0.25) is 0 Å². The molecule has 0 aromatic carbocycles. The molecule has 0 aromatic rings. The molecule has 8 aliphatic carbocycles. The summed E-state index contributed by atoms with van der Waals surface area (Å²) in [6, 6.07) is 47.6. The Morgan fingerprint density at radius 3 is 0.676 bits per heavy atom. The zero-order chi connectivity index (χ0) is 48.4. The van der Waals surface area contributed by atoms with E-state index in [2.05, 4.69) is 288 Å². The van der Waals surface area contributed by atoms with E-state index in [1.54, 1.807) is 0 Å². The van der Waals surface area contributed by atoms with E-state index in [0.717, 1.165) is 66.8 Å². The van der Waals surface area contributed by atoms with Gasteiger partial charge in [0.15, 0.2) is 0 Å². The molecule has 0 amide bonds. The van der Waals surface area contributed by atoms with Crippen LogP contribution in [-0.2, 0) is 21.7 Å². The maximum atomic E-state index is 3.40. The third-order valence-electron chi connectivity index (χ3n) is 12.7. The number of hydrogen-bond acceptors (Lipinski definition) is 0. The molecule has 0 N–H and O–H groups in total. The van der Waals surface area contributed by atoms with Gasteiger partial charge >= 0.3 is 0 Å². The quantitative estimate of drug-likeness (QED) is 0.133. The summed E-state index contributed by atoms with van der Waals surface area (Å²) in [6.45, 7) is 26.8. The van der Waals surface area contributed by atoms with Crippen LogP contribution in [0.3, 0.4) is 0 Å². The molecule has 0 aliphatic heterocycles. The van der Waals surface area contributed by atoms with E-state index in [-0.39, 0.29) is 21.7 Å². The molecule has 0 fully saturated rings. The molecule has 0 bridgehead atoms. The highest BCUT2D eigenvalue weighted by atomic mass is 14.2. The Kier molecular flexibility index (Phi) is 12.7. The van der Waals surface area contributed by atoms with Crippen molar-refractivity contribution in [2.24, 2.45) is 0 Å². The lowest BCUT2D eigenvalue weighted by Crippen LogP contribution is -2.09. The summed E-state index contributed by atoms with van der Waals surface area (Å²) in [5, 5.41) is 0. The predicted octanol–water partition coefficient (Wildman–Crippen LogP) is 15.5.